The Kier molecular flexibility index (Phi) is 7.05. The van der Waals surface area contributed by atoms with Crippen LogP contribution in [0, 0.1) is 0 Å². The van der Waals surface area contributed by atoms with Crippen molar-refractivity contribution in [1.29, 1.82) is 0 Å². The summed E-state index contributed by atoms with van der Waals surface area (Å²) < 4.78 is 16.4. The van der Waals surface area contributed by atoms with E-state index in [2.05, 4.69) is 25.8 Å². The van der Waals surface area contributed by atoms with Gasteiger partial charge in [-0.05, 0) is 62.4 Å². The standard InChI is InChI=1S/C21H25N5O3/c1-15(2)29-19-6-4-16(5-7-19)24-20-14-23-26-21(25-20)22-12-13-28-18-10-8-17(27-3)9-11-18/h4-11,14-15H,12-13H2,1-3H3,(H2,22,24,25,26). The van der Waals surface area contributed by atoms with Crippen molar-refractivity contribution in [1.82, 2.24) is 15.2 Å². The summed E-state index contributed by atoms with van der Waals surface area (Å²) in [5.41, 5.74) is 0.885. The zero-order valence-corrected chi connectivity index (χ0v) is 16.8. The van der Waals surface area contributed by atoms with Gasteiger partial charge in [-0.1, -0.05) is 0 Å². The topological polar surface area (TPSA) is 90.4 Å². The van der Waals surface area contributed by atoms with Crippen LogP contribution in [-0.2, 0) is 0 Å². The number of methoxy groups -OCH3 is 1. The number of nitrogens with one attached hydrogen (secondary N) is 2. The van der Waals surface area contributed by atoms with E-state index in [1.54, 1.807) is 13.3 Å². The average Bonchev–Trinajstić information content (AvgIpc) is 2.73. The smallest absolute Gasteiger partial charge is 0.244 e. The SMILES string of the molecule is COc1ccc(OCCNc2nncc(Nc3ccc(OC(C)C)cc3)n2)cc1. The van der Waals surface area contributed by atoms with Gasteiger partial charge in [0.25, 0.3) is 0 Å². The van der Waals surface area contributed by atoms with E-state index in [1.807, 2.05) is 62.4 Å². The minimum Gasteiger partial charge on any atom is -0.497 e. The molecule has 0 aliphatic carbocycles. The third kappa shape index (κ3) is 6.53. The van der Waals surface area contributed by atoms with Crippen LogP contribution in [0.1, 0.15) is 13.8 Å². The highest BCUT2D eigenvalue weighted by Crippen LogP contribution is 2.20. The van der Waals surface area contributed by atoms with Crippen molar-refractivity contribution in [2.24, 2.45) is 0 Å². The number of rotatable bonds is 10. The van der Waals surface area contributed by atoms with Gasteiger partial charge in [0.2, 0.25) is 5.95 Å². The van der Waals surface area contributed by atoms with Gasteiger partial charge in [-0.15, -0.1) is 5.10 Å². The molecule has 152 valence electrons. The summed E-state index contributed by atoms with van der Waals surface area (Å²) in [4.78, 5) is 4.41. The number of aromatic nitrogens is 3. The molecule has 0 saturated carbocycles. The number of ether oxygens (including phenoxy) is 3. The van der Waals surface area contributed by atoms with Crippen LogP contribution in [-0.4, -0.2) is 41.5 Å². The zero-order valence-electron chi connectivity index (χ0n) is 16.8. The summed E-state index contributed by atoms with van der Waals surface area (Å²) in [6, 6.07) is 15.1. The summed E-state index contributed by atoms with van der Waals surface area (Å²) in [7, 11) is 1.63. The van der Waals surface area contributed by atoms with Crippen molar-refractivity contribution in [3.63, 3.8) is 0 Å². The van der Waals surface area contributed by atoms with Crippen LogP contribution in [0.25, 0.3) is 0 Å². The van der Waals surface area contributed by atoms with Gasteiger partial charge >= 0.3 is 0 Å². The van der Waals surface area contributed by atoms with E-state index >= 15 is 0 Å². The molecule has 3 aromatic rings. The Morgan fingerprint density at radius 1 is 0.931 bits per heavy atom. The minimum atomic E-state index is 0.141. The molecule has 3 rings (SSSR count). The fourth-order valence-corrected chi connectivity index (χ4v) is 2.48. The van der Waals surface area contributed by atoms with E-state index in [0.717, 1.165) is 22.9 Å². The Balaban J connectivity index is 1.47. The lowest BCUT2D eigenvalue weighted by atomic mass is 10.3. The van der Waals surface area contributed by atoms with E-state index in [1.165, 1.54) is 0 Å². The van der Waals surface area contributed by atoms with Crippen molar-refractivity contribution < 1.29 is 14.2 Å². The van der Waals surface area contributed by atoms with Crippen LogP contribution in [0.3, 0.4) is 0 Å². The fraction of sp³-hybridized carbons (Fsp3) is 0.286. The maximum Gasteiger partial charge on any atom is 0.244 e. The predicted molar refractivity (Wildman–Crippen MR) is 112 cm³/mol. The Bertz CT molecular complexity index is 886. The van der Waals surface area contributed by atoms with Crippen LogP contribution in [0.5, 0.6) is 17.2 Å². The van der Waals surface area contributed by atoms with Crippen LogP contribution >= 0.6 is 0 Å². The minimum absolute atomic E-state index is 0.141. The van der Waals surface area contributed by atoms with Gasteiger partial charge in [0, 0.05) is 5.69 Å². The number of nitrogens with zero attached hydrogens (tertiary/aromatic N) is 3. The molecular weight excluding hydrogens is 370 g/mol. The summed E-state index contributed by atoms with van der Waals surface area (Å²) in [6.07, 6.45) is 1.71. The third-order valence-corrected chi connectivity index (χ3v) is 3.77. The second-order valence-electron chi connectivity index (χ2n) is 6.43. The average molecular weight is 395 g/mol. The summed E-state index contributed by atoms with van der Waals surface area (Å²) >= 11 is 0. The van der Waals surface area contributed by atoms with Crippen LogP contribution in [0.4, 0.5) is 17.5 Å². The molecule has 1 aromatic heterocycles. The molecule has 0 radical (unpaired) electrons. The van der Waals surface area contributed by atoms with E-state index in [-0.39, 0.29) is 6.10 Å². The Morgan fingerprint density at radius 2 is 1.62 bits per heavy atom. The quantitative estimate of drug-likeness (QED) is 0.500. The first-order chi connectivity index (χ1) is 14.1. The van der Waals surface area contributed by atoms with Crippen LogP contribution < -0.4 is 24.8 Å². The molecule has 0 unspecified atom stereocenters. The highest BCUT2D eigenvalue weighted by molar-refractivity contribution is 5.57. The monoisotopic (exact) mass is 395 g/mol. The van der Waals surface area contributed by atoms with E-state index < -0.39 is 0 Å². The van der Waals surface area contributed by atoms with Gasteiger partial charge in [0.05, 0.1) is 26.0 Å². The van der Waals surface area contributed by atoms with Crippen LogP contribution in [0.2, 0.25) is 0 Å². The molecule has 0 spiro atoms. The van der Waals surface area contributed by atoms with Gasteiger partial charge in [0.15, 0.2) is 5.82 Å². The Morgan fingerprint density at radius 3 is 2.31 bits per heavy atom. The molecular formula is C21H25N5O3. The molecule has 0 fully saturated rings. The maximum absolute atomic E-state index is 5.67. The molecule has 0 saturated heterocycles. The predicted octanol–water partition coefficient (Wildman–Crippen LogP) is 3.90. The van der Waals surface area contributed by atoms with Crippen molar-refractivity contribution in [3.05, 3.63) is 54.7 Å². The molecule has 0 atom stereocenters. The summed E-state index contributed by atoms with van der Waals surface area (Å²) in [6.45, 7) is 4.99. The fourth-order valence-electron chi connectivity index (χ4n) is 2.48. The van der Waals surface area contributed by atoms with Gasteiger partial charge < -0.3 is 24.8 Å². The molecule has 1 heterocycles. The van der Waals surface area contributed by atoms with Crippen molar-refractivity contribution in [2.75, 3.05) is 30.9 Å². The first-order valence-corrected chi connectivity index (χ1v) is 9.36. The third-order valence-electron chi connectivity index (χ3n) is 3.77. The molecule has 2 N–H and O–H groups in total. The lowest BCUT2D eigenvalue weighted by molar-refractivity contribution is 0.242. The number of anilines is 3. The molecule has 0 bridgehead atoms. The normalized spacial score (nSPS) is 10.5. The number of hydrogen-bond acceptors (Lipinski definition) is 8. The van der Waals surface area contributed by atoms with Crippen molar-refractivity contribution in [3.8, 4) is 17.2 Å². The first-order valence-electron chi connectivity index (χ1n) is 9.36. The summed E-state index contributed by atoms with van der Waals surface area (Å²) in [5, 5.41) is 14.3. The van der Waals surface area contributed by atoms with Gasteiger partial charge in [-0.3, -0.25) is 0 Å². The largest absolute Gasteiger partial charge is 0.497 e. The zero-order chi connectivity index (χ0) is 20.5. The second-order valence-corrected chi connectivity index (χ2v) is 6.43. The van der Waals surface area contributed by atoms with Crippen molar-refractivity contribution >= 4 is 17.5 Å². The summed E-state index contributed by atoms with van der Waals surface area (Å²) in [5.74, 6) is 3.41. The molecule has 0 aliphatic rings. The van der Waals surface area contributed by atoms with Gasteiger partial charge in [-0.25, -0.2) is 0 Å². The number of hydrogen-bond donors (Lipinski definition) is 2. The molecule has 29 heavy (non-hydrogen) atoms. The van der Waals surface area contributed by atoms with Crippen molar-refractivity contribution in [2.45, 2.75) is 20.0 Å². The molecule has 0 aliphatic heterocycles. The first kappa shape index (κ1) is 20.2. The highest BCUT2D eigenvalue weighted by atomic mass is 16.5. The van der Waals surface area contributed by atoms with E-state index in [9.17, 15) is 0 Å². The Hall–Kier alpha value is -3.55. The van der Waals surface area contributed by atoms with E-state index in [0.29, 0.717) is 24.9 Å². The Labute approximate surface area is 170 Å². The lowest BCUT2D eigenvalue weighted by Gasteiger charge is -2.11. The molecule has 2 aromatic carbocycles. The molecule has 0 amide bonds. The molecule has 8 heteroatoms. The number of benzene rings is 2. The van der Waals surface area contributed by atoms with Gasteiger partial charge in [-0.2, -0.15) is 10.1 Å². The van der Waals surface area contributed by atoms with Crippen LogP contribution in [0.15, 0.2) is 54.7 Å². The molecule has 8 nitrogen and oxygen atoms in total. The second kappa shape index (κ2) is 10.1. The highest BCUT2D eigenvalue weighted by Gasteiger charge is 2.03. The lowest BCUT2D eigenvalue weighted by Crippen LogP contribution is -2.14. The maximum atomic E-state index is 5.67. The van der Waals surface area contributed by atoms with Gasteiger partial charge in [0.1, 0.15) is 23.9 Å². The van der Waals surface area contributed by atoms with E-state index in [4.69, 9.17) is 14.2 Å².